The summed E-state index contributed by atoms with van der Waals surface area (Å²) in [6.07, 6.45) is 4.22. The van der Waals surface area contributed by atoms with Crippen molar-refractivity contribution >= 4 is 96.1 Å². The van der Waals surface area contributed by atoms with Gasteiger partial charge in [-0.2, -0.15) is 0 Å². The van der Waals surface area contributed by atoms with Crippen LogP contribution in [0.25, 0.3) is 27.5 Å². The molecule has 420 valence electrons. The summed E-state index contributed by atoms with van der Waals surface area (Å²) >= 11 is 0. The van der Waals surface area contributed by atoms with Crippen LogP contribution < -0.4 is 31.1 Å². The minimum atomic E-state index is -0.157. The fraction of sp³-hybridized carbons (Fsp3) is 0.308. The van der Waals surface area contributed by atoms with E-state index in [0.717, 1.165) is 54.1 Å². The molecule has 10 aromatic rings. The van der Waals surface area contributed by atoms with E-state index < -0.39 is 0 Å². The molecule has 0 spiro atoms. The number of nitrogens with zero attached hydrogens (tertiary/aromatic N) is 4. The number of rotatable bonds is 14. The Morgan fingerprint density at radius 2 is 0.795 bits per heavy atom. The molecule has 5 heteroatoms. The molecule has 0 atom stereocenters. The van der Waals surface area contributed by atoms with Crippen LogP contribution in [0.1, 0.15) is 157 Å². The predicted molar refractivity (Wildman–Crippen MR) is 361 cm³/mol. The van der Waals surface area contributed by atoms with Crippen LogP contribution >= 0.6 is 0 Å². The third-order valence-corrected chi connectivity index (χ3v) is 20.1. The molecule has 0 amide bonds. The molecule has 9 aromatic carbocycles. The number of aromatic nitrogens is 1. The van der Waals surface area contributed by atoms with Crippen molar-refractivity contribution < 1.29 is 0 Å². The number of benzene rings is 9. The van der Waals surface area contributed by atoms with Crippen molar-refractivity contribution in [3.8, 4) is 5.69 Å². The highest BCUT2D eigenvalue weighted by atomic mass is 15.2. The second-order valence-corrected chi connectivity index (χ2v) is 27.6. The topological polar surface area (TPSA) is 14.7 Å². The Balaban J connectivity index is 1.16. The van der Waals surface area contributed by atoms with Crippen LogP contribution in [-0.2, 0) is 27.1 Å². The Kier molecular flexibility index (Phi) is 13.8. The Bertz CT molecular complexity index is 4060. The average molecular weight is 1090 g/mol. The molecular weight excluding hydrogens is 1000 g/mol. The SMILES string of the molecule is CCC(C)(C)c1ccc(N(c2ccc3c(c2)N(c2ccc(C(C)(C)CC)cc2)c2cc(C(C)(C)C)cc4c2B3c2cc(C(C)(C)CC)ccc2N4c2ccc(C(C)(C)CC)cc2)c2ccc3c4ccccc4n(-c4ccccc4)c3c2)cc1. The van der Waals surface area contributed by atoms with Crippen LogP contribution in [0.4, 0.5) is 51.2 Å². The van der Waals surface area contributed by atoms with Crippen LogP contribution in [0.2, 0.25) is 0 Å². The highest BCUT2D eigenvalue weighted by Gasteiger charge is 2.45. The maximum atomic E-state index is 2.63. The Labute approximate surface area is 496 Å². The minimum Gasteiger partial charge on any atom is -0.311 e. The quantitative estimate of drug-likeness (QED) is 0.101. The van der Waals surface area contributed by atoms with E-state index in [1.807, 2.05) is 0 Å². The Morgan fingerprint density at radius 3 is 1.35 bits per heavy atom. The summed E-state index contributed by atoms with van der Waals surface area (Å²) < 4.78 is 2.44. The summed E-state index contributed by atoms with van der Waals surface area (Å²) in [6.45, 7) is 35.3. The molecule has 2 aliphatic rings. The number of fused-ring (bicyclic) bond motifs is 7. The van der Waals surface area contributed by atoms with Crippen molar-refractivity contribution in [3.05, 3.63) is 222 Å². The van der Waals surface area contributed by atoms with Crippen molar-refractivity contribution in [2.45, 2.75) is 157 Å². The highest BCUT2D eigenvalue weighted by Crippen LogP contribution is 2.50. The van der Waals surface area contributed by atoms with Crippen LogP contribution in [0, 0.1) is 0 Å². The lowest BCUT2D eigenvalue weighted by Gasteiger charge is -2.46. The predicted octanol–water partition coefficient (Wildman–Crippen LogP) is 20.4. The first-order valence-electron chi connectivity index (χ1n) is 30.9. The Hall–Kier alpha value is -7.76. The molecule has 83 heavy (non-hydrogen) atoms. The van der Waals surface area contributed by atoms with E-state index in [1.54, 1.807) is 0 Å². The van der Waals surface area contributed by atoms with Gasteiger partial charge in [0.25, 0.3) is 6.71 Å². The monoisotopic (exact) mass is 1090 g/mol. The summed E-state index contributed by atoms with van der Waals surface area (Å²) in [4.78, 5) is 7.74. The summed E-state index contributed by atoms with van der Waals surface area (Å²) in [5.41, 5.74) is 24.8. The van der Waals surface area contributed by atoms with E-state index in [2.05, 4.69) is 317 Å². The zero-order valence-corrected chi connectivity index (χ0v) is 52.2. The number of para-hydroxylation sites is 2. The maximum Gasteiger partial charge on any atom is 0.252 e. The van der Waals surface area contributed by atoms with Crippen molar-refractivity contribution in [3.63, 3.8) is 0 Å². The molecule has 0 bridgehead atoms. The maximum absolute atomic E-state index is 2.63. The van der Waals surface area contributed by atoms with Gasteiger partial charge >= 0.3 is 0 Å². The van der Waals surface area contributed by atoms with E-state index >= 15 is 0 Å². The second-order valence-electron chi connectivity index (χ2n) is 27.6. The van der Waals surface area contributed by atoms with Gasteiger partial charge in [-0.05, 0) is 194 Å². The molecule has 0 fully saturated rings. The van der Waals surface area contributed by atoms with Gasteiger partial charge < -0.3 is 19.3 Å². The molecule has 1 aromatic heterocycles. The van der Waals surface area contributed by atoms with Gasteiger partial charge in [0.2, 0.25) is 0 Å². The van der Waals surface area contributed by atoms with E-state index in [4.69, 9.17) is 0 Å². The fourth-order valence-electron chi connectivity index (χ4n) is 12.9. The Morgan fingerprint density at radius 1 is 0.337 bits per heavy atom. The van der Waals surface area contributed by atoms with E-state index in [-0.39, 0.29) is 33.8 Å². The zero-order chi connectivity index (χ0) is 58.5. The van der Waals surface area contributed by atoms with Crippen LogP contribution in [0.3, 0.4) is 0 Å². The van der Waals surface area contributed by atoms with Gasteiger partial charge in [0.15, 0.2) is 0 Å². The molecule has 0 unspecified atom stereocenters. The van der Waals surface area contributed by atoms with Crippen molar-refractivity contribution in [2.24, 2.45) is 0 Å². The summed E-state index contributed by atoms with van der Waals surface area (Å²) in [5, 5.41) is 2.48. The van der Waals surface area contributed by atoms with Gasteiger partial charge in [0, 0.05) is 67.6 Å². The third kappa shape index (κ3) is 9.47. The number of hydrogen-bond acceptors (Lipinski definition) is 3. The molecule has 0 radical (unpaired) electrons. The molecule has 0 N–H and O–H groups in total. The first-order valence-corrected chi connectivity index (χ1v) is 30.9. The zero-order valence-electron chi connectivity index (χ0n) is 52.2. The molecular formula is C78H85BN4. The molecule has 2 aliphatic heterocycles. The van der Waals surface area contributed by atoms with E-state index in [1.165, 1.54) is 94.4 Å². The standard InChI is InChI=1S/C78H85BN4/c1-16-75(8,9)52-29-36-58(37-30-52)80(61-42-44-64-63-27-23-24-28-67(63)81(69(64)50-61)57-25-21-20-22-26-57)62-43-45-65-70(51-62)83(60-40-33-54(34-41-60)77(12,13)18-3)72-49-56(74(5,6)7)48-71-73(72)79(65)66-47-55(78(14,15)19-4)35-46-68(66)82(71)59-38-31-53(32-39-59)76(10,11)17-2/h20-51H,16-19H2,1-15H3. The smallest absolute Gasteiger partial charge is 0.252 e. The number of anilines is 9. The lowest BCUT2D eigenvalue weighted by Crippen LogP contribution is -2.61. The van der Waals surface area contributed by atoms with Crippen molar-refractivity contribution in [2.75, 3.05) is 14.7 Å². The van der Waals surface area contributed by atoms with Gasteiger partial charge in [-0.1, -0.05) is 201 Å². The first kappa shape index (κ1) is 55.8. The lowest BCUT2D eigenvalue weighted by atomic mass is 9.33. The molecule has 12 rings (SSSR count). The van der Waals surface area contributed by atoms with Gasteiger partial charge in [-0.3, -0.25) is 0 Å². The molecule has 4 nitrogen and oxygen atoms in total. The summed E-state index contributed by atoms with van der Waals surface area (Å²) in [6, 6.07) is 75.3. The van der Waals surface area contributed by atoms with Gasteiger partial charge in [-0.25, -0.2) is 0 Å². The fourth-order valence-corrected chi connectivity index (χ4v) is 12.9. The largest absolute Gasteiger partial charge is 0.311 e. The molecule has 0 saturated heterocycles. The highest BCUT2D eigenvalue weighted by molar-refractivity contribution is 7.00. The molecule has 0 aliphatic carbocycles. The van der Waals surface area contributed by atoms with E-state index in [9.17, 15) is 0 Å². The van der Waals surface area contributed by atoms with Crippen molar-refractivity contribution in [1.82, 2.24) is 4.57 Å². The van der Waals surface area contributed by atoms with Crippen molar-refractivity contribution in [1.29, 1.82) is 0 Å². The van der Waals surface area contributed by atoms with Gasteiger partial charge in [0.05, 0.1) is 11.0 Å². The van der Waals surface area contributed by atoms with Gasteiger partial charge in [0.1, 0.15) is 0 Å². The third-order valence-electron chi connectivity index (χ3n) is 20.1. The average Bonchev–Trinajstić information content (AvgIpc) is 1.29. The lowest BCUT2D eigenvalue weighted by molar-refractivity contribution is 0.506. The first-order chi connectivity index (χ1) is 39.6. The number of hydrogen-bond donors (Lipinski definition) is 0. The normalized spacial score (nSPS) is 13.6. The van der Waals surface area contributed by atoms with Crippen LogP contribution in [0.15, 0.2) is 194 Å². The second kappa shape index (κ2) is 20.5. The van der Waals surface area contributed by atoms with Crippen LogP contribution in [0.5, 0.6) is 0 Å². The van der Waals surface area contributed by atoms with Gasteiger partial charge in [-0.15, -0.1) is 0 Å². The van der Waals surface area contributed by atoms with Crippen LogP contribution in [-0.4, -0.2) is 11.3 Å². The molecule has 3 heterocycles. The minimum absolute atomic E-state index is 0.0242. The van der Waals surface area contributed by atoms with E-state index in [0.29, 0.717) is 0 Å². The summed E-state index contributed by atoms with van der Waals surface area (Å²) in [7, 11) is 0. The summed E-state index contributed by atoms with van der Waals surface area (Å²) in [5.74, 6) is 0. The molecule has 0 saturated carbocycles.